The molecule has 25 heavy (non-hydrogen) atoms. The summed E-state index contributed by atoms with van der Waals surface area (Å²) < 4.78 is 5.13. The summed E-state index contributed by atoms with van der Waals surface area (Å²) in [6, 6.07) is 12.5. The minimum atomic E-state index is -0.202. The largest absolute Gasteiger partial charge is 0.370 e. The van der Waals surface area contributed by atoms with Gasteiger partial charge in [-0.05, 0) is 42.5 Å². The summed E-state index contributed by atoms with van der Waals surface area (Å²) in [6.45, 7) is 1.17. The lowest BCUT2D eigenvalue weighted by Gasteiger charge is -2.26. The van der Waals surface area contributed by atoms with Crippen LogP contribution in [-0.4, -0.2) is 41.5 Å². The van der Waals surface area contributed by atoms with Crippen molar-refractivity contribution in [2.24, 2.45) is 0 Å². The van der Waals surface area contributed by atoms with E-state index in [9.17, 15) is 9.59 Å². The zero-order valence-corrected chi connectivity index (χ0v) is 13.4. The second-order valence-electron chi connectivity index (χ2n) is 5.73. The van der Waals surface area contributed by atoms with E-state index in [1.54, 1.807) is 41.6 Å². The van der Waals surface area contributed by atoms with E-state index < -0.39 is 0 Å². The maximum Gasteiger partial charge on any atom is 0.255 e. The Morgan fingerprint density at radius 3 is 2.84 bits per heavy atom. The van der Waals surface area contributed by atoms with Crippen LogP contribution in [0.4, 0.5) is 11.4 Å². The van der Waals surface area contributed by atoms with Crippen molar-refractivity contribution in [3.8, 4) is 0 Å². The van der Waals surface area contributed by atoms with Gasteiger partial charge >= 0.3 is 0 Å². The molecule has 126 valence electrons. The lowest BCUT2D eigenvalue weighted by atomic mass is 10.1. The summed E-state index contributed by atoms with van der Waals surface area (Å²) >= 11 is 0. The van der Waals surface area contributed by atoms with Gasteiger partial charge in [-0.25, -0.2) is 4.98 Å². The fraction of sp³-hybridized carbons (Fsp3) is 0.167. The SMILES string of the molecule is O=C(Nc1ccc(N2CCOCC2=O)cc1)c1ccc2nc[nH]c2c1. The fourth-order valence-electron chi connectivity index (χ4n) is 2.80. The van der Waals surface area contributed by atoms with Gasteiger partial charge in [0.2, 0.25) is 0 Å². The zero-order valence-electron chi connectivity index (χ0n) is 13.4. The number of anilines is 2. The van der Waals surface area contributed by atoms with Gasteiger partial charge in [0, 0.05) is 23.5 Å². The van der Waals surface area contributed by atoms with Crippen LogP contribution < -0.4 is 10.2 Å². The number of ether oxygens (including phenoxy) is 1. The lowest BCUT2D eigenvalue weighted by Crippen LogP contribution is -2.41. The van der Waals surface area contributed by atoms with Gasteiger partial charge in [-0.2, -0.15) is 0 Å². The van der Waals surface area contributed by atoms with Gasteiger partial charge in [0.25, 0.3) is 11.8 Å². The molecule has 0 saturated carbocycles. The van der Waals surface area contributed by atoms with Crippen molar-refractivity contribution >= 4 is 34.2 Å². The van der Waals surface area contributed by atoms with E-state index >= 15 is 0 Å². The molecule has 0 radical (unpaired) electrons. The van der Waals surface area contributed by atoms with Crippen LogP contribution >= 0.6 is 0 Å². The van der Waals surface area contributed by atoms with E-state index in [0.29, 0.717) is 24.4 Å². The van der Waals surface area contributed by atoms with Crippen LogP contribution in [0.25, 0.3) is 11.0 Å². The summed E-state index contributed by atoms with van der Waals surface area (Å²) in [6.07, 6.45) is 1.60. The molecule has 2 amide bonds. The molecule has 1 saturated heterocycles. The molecular formula is C18H16N4O3. The van der Waals surface area contributed by atoms with Crippen LogP contribution in [-0.2, 0) is 9.53 Å². The third-order valence-electron chi connectivity index (χ3n) is 4.11. The van der Waals surface area contributed by atoms with Gasteiger partial charge in [-0.15, -0.1) is 0 Å². The van der Waals surface area contributed by atoms with E-state index in [-0.39, 0.29) is 18.4 Å². The van der Waals surface area contributed by atoms with Crippen molar-refractivity contribution in [3.05, 3.63) is 54.4 Å². The average Bonchev–Trinajstić information content (AvgIpc) is 3.10. The smallest absolute Gasteiger partial charge is 0.255 e. The monoisotopic (exact) mass is 336 g/mol. The standard InChI is InChI=1S/C18H16N4O3/c23-17-10-25-8-7-22(17)14-4-2-13(3-5-14)21-18(24)12-1-6-15-16(9-12)20-11-19-15/h1-6,9,11H,7-8,10H2,(H,19,20)(H,21,24). The summed E-state index contributed by atoms with van der Waals surface area (Å²) in [7, 11) is 0. The normalized spacial score (nSPS) is 14.7. The molecule has 0 spiro atoms. The third kappa shape index (κ3) is 3.09. The molecule has 0 unspecified atom stereocenters. The minimum Gasteiger partial charge on any atom is -0.370 e. The molecule has 1 aliphatic heterocycles. The number of imidazole rings is 1. The van der Waals surface area contributed by atoms with Crippen molar-refractivity contribution in [1.82, 2.24) is 9.97 Å². The molecule has 2 aromatic carbocycles. The number of amides is 2. The number of benzene rings is 2. The maximum atomic E-state index is 12.4. The Hall–Kier alpha value is -3.19. The summed E-state index contributed by atoms with van der Waals surface area (Å²) in [5, 5.41) is 2.86. The van der Waals surface area contributed by atoms with Gasteiger partial charge in [0.15, 0.2) is 0 Å². The van der Waals surface area contributed by atoms with Crippen LogP contribution in [0.3, 0.4) is 0 Å². The van der Waals surface area contributed by atoms with Crippen LogP contribution in [0.1, 0.15) is 10.4 Å². The third-order valence-corrected chi connectivity index (χ3v) is 4.11. The molecule has 0 atom stereocenters. The number of fused-ring (bicyclic) bond motifs is 1. The molecule has 1 fully saturated rings. The number of H-pyrrole nitrogens is 1. The van der Waals surface area contributed by atoms with Crippen molar-refractivity contribution in [2.75, 3.05) is 30.0 Å². The van der Waals surface area contributed by atoms with E-state index in [2.05, 4.69) is 15.3 Å². The Morgan fingerprint density at radius 2 is 2.04 bits per heavy atom. The lowest BCUT2D eigenvalue weighted by molar-refractivity contribution is -0.125. The topological polar surface area (TPSA) is 87.3 Å². The van der Waals surface area contributed by atoms with Crippen molar-refractivity contribution < 1.29 is 14.3 Å². The predicted molar refractivity (Wildman–Crippen MR) is 93.7 cm³/mol. The fourth-order valence-corrected chi connectivity index (χ4v) is 2.80. The highest BCUT2D eigenvalue weighted by Crippen LogP contribution is 2.20. The van der Waals surface area contributed by atoms with E-state index in [1.807, 2.05) is 12.1 Å². The first-order valence-electron chi connectivity index (χ1n) is 7.93. The van der Waals surface area contributed by atoms with Crippen LogP contribution in [0, 0.1) is 0 Å². The second kappa shape index (κ2) is 6.37. The highest BCUT2D eigenvalue weighted by Gasteiger charge is 2.20. The quantitative estimate of drug-likeness (QED) is 0.767. The molecule has 4 rings (SSSR count). The number of nitrogens with one attached hydrogen (secondary N) is 2. The molecule has 2 heterocycles. The van der Waals surface area contributed by atoms with Gasteiger partial charge in [-0.3, -0.25) is 9.59 Å². The summed E-state index contributed by atoms with van der Waals surface area (Å²) in [4.78, 5) is 33.0. The Labute approximate surface area is 143 Å². The molecule has 0 bridgehead atoms. The number of aromatic nitrogens is 2. The molecule has 2 N–H and O–H groups in total. The van der Waals surface area contributed by atoms with Crippen LogP contribution in [0.5, 0.6) is 0 Å². The second-order valence-corrected chi connectivity index (χ2v) is 5.73. The van der Waals surface area contributed by atoms with E-state index in [4.69, 9.17) is 4.74 Å². The first-order valence-corrected chi connectivity index (χ1v) is 7.93. The molecule has 0 aliphatic carbocycles. The minimum absolute atomic E-state index is 0.0594. The predicted octanol–water partition coefficient (Wildman–Crippen LogP) is 2.18. The van der Waals surface area contributed by atoms with Gasteiger partial charge < -0.3 is 19.9 Å². The van der Waals surface area contributed by atoms with Gasteiger partial charge in [0.1, 0.15) is 6.61 Å². The van der Waals surface area contributed by atoms with Crippen molar-refractivity contribution in [2.45, 2.75) is 0 Å². The van der Waals surface area contributed by atoms with Gasteiger partial charge in [-0.1, -0.05) is 0 Å². The number of hydrogen-bond acceptors (Lipinski definition) is 4. The number of nitrogens with zero attached hydrogens (tertiary/aromatic N) is 2. The van der Waals surface area contributed by atoms with Gasteiger partial charge in [0.05, 0.1) is 24.0 Å². The molecule has 7 heteroatoms. The van der Waals surface area contributed by atoms with Crippen molar-refractivity contribution in [3.63, 3.8) is 0 Å². The van der Waals surface area contributed by atoms with Crippen LogP contribution in [0.15, 0.2) is 48.8 Å². The first kappa shape index (κ1) is 15.3. The number of carbonyl (C=O) groups is 2. The number of hydrogen-bond donors (Lipinski definition) is 2. The zero-order chi connectivity index (χ0) is 17.2. The summed E-state index contributed by atoms with van der Waals surface area (Å²) in [5.41, 5.74) is 3.64. The number of aromatic amines is 1. The number of morpholine rings is 1. The number of rotatable bonds is 3. The Morgan fingerprint density at radius 1 is 1.20 bits per heavy atom. The van der Waals surface area contributed by atoms with E-state index in [1.165, 1.54) is 0 Å². The summed E-state index contributed by atoms with van der Waals surface area (Å²) in [5.74, 6) is -0.261. The highest BCUT2D eigenvalue weighted by molar-refractivity contribution is 6.06. The average molecular weight is 336 g/mol. The highest BCUT2D eigenvalue weighted by atomic mass is 16.5. The van der Waals surface area contributed by atoms with Crippen LogP contribution in [0.2, 0.25) is 0 Å². The Balaban J connectivity index is 1.48. The number of carbonyl (C=O) groups excluding carboxylic acids is 2. The maximum absolute atomic E-state index is 12.4. The molecular weight excluding hydrogens is 320 g/mol. The molecule has 1 aromatic heterocycles. The molecule has 7 nitrogen and oxygen atoms in total. The molecule has 3 aromatic rings. The Kier molecular flexibility index (Phi) is 3.91. The Bertz CT molecular complexity index is 933. The van der Waals surface area contributed by atoms with Crippen molar-refractivity contribution in [1.29, 1.82) is 0 Å². The first-order chi connectivity index (χ1) is 12.2. The molecule has 1 aliphatic rings. The van der Waals surface area contributed by atoms with E-state index in [0.717, 1.165) is 16.7 Å².